The van der Waals surface area contributed by atoms with Crippen LogP contribution in [0.4, 0.5) is 5.69 Å². The molecule has 1 heterocycles. The van der Waals surface area contributed by atoms with Crippen LogP contribution < -0.4 is 10.6 Å². The lowest BCUT2D eigenvalue weighted by Crippen LogP contribution is -2.26. The summed E-state index contributed by atoms with van der Waals surface area (Å²) in [5, 5.41) is 15.1. The molecule has 0 bridgehead atoms. The van der Waals surface area contributed by atoms with Crippen molar-refractivity contribution in [3.63, 3.8) is 0 Å². The minimum Gasteiger partial charge on any atom is -0.478 e. The second-order valence-electron chi connectivity index (χ2n) is 3.28. The van der Waals surface area contributed by atoms with Crippen molar-refractivity contribution in [3.8, 4) is 0 Å². The molecule has 0 atom stereocenters. The molecule has 0 spiro atoms. The highest BCUT2D eigenvalue weighted by Crippen LogP contribution is 2.23. The Hall–Kier alpha value is -1.75. The Morgan fingerprint density at radius 3 is 2.94 bits per heavy atom. The zero-order valence-electron chi connectivity index (χ0n) is 8.33. The van der Waals surface area contributed by atoms with Gasteiger partial charge in [0.1, 0.15) is 0 Å². The van der Waals surface area contributed by atoms with E-state index in [9.17, 15) is 4.79 Å². The number of hydrogen-bond donors (Lipinski definition) is 3. The minimum absolute atomic E-state index is 0.164. The van der Waals surface area contributed by atoms with Crippen LogP contribution >= 0.6 is 11.6 Å². The lowest BCUT2D eigenvalue weighted by molar-refractivity contribution is 0.0697. The van der Waals surface area contributed by atoms with E-state index in [2.05, 4.69) is 15.6 Å². The van der Waals surface area contributed by atoms with E-state index in [-0.39, 0.29) is 5.56 Å². The molecule has 1 aliphatic rings. The van der Waals surface area contributed by atoms with Gasteiger partial charge in [0.05, 0.1) is 22.8 Å². The summed E-state index contributed by atoms with van der Waals surface area (Å²) in [6.07, 6.45) is 0. The molecule has 0 aliphatic carbocycles. The predicted octanol–water partition coefficient (Wildman–Crippen LogP) is 1.41. The van der Waals surface area contributed by atoms with Gasteiger partial charge in [0.2, 0.25) is 0 Å². The van der Waals surface area contributed by atoms with Crippen molar-refractivity contribution in [2.75, 3.05) is 18.4 Å². The summed E-state index contributed by atoms with van der Waals surface area (Å²) in [6, 6.07) is 4.52. The van der Waals surface area contributed by atoms with Crippen molar-refractivity contribution in [3.05, 3.63) is 28.8 Å². The van der Waals surface area contributed by atoms with Gasteiger partial charge in [-0.25, -0.2) is 4.79 Å². The Balaban J connectivity index is 2.19. The van der Waals surface area contributed by atoms with Gasteiger partial charge in [-0.1, -0.05) is 11.6 Å². The maximum atomic E-state index is 10.7. The van der Waals surface area contributed by atoms with Crippen LogP contribution in [0.3, 0.4) is 0 Å². The molecule has 0 unspecified atom stereocenters. The number of guanidine groups is 1. The number of anilines is 1. The number of aromatic carboxylic acids is 1. The summed E-state index contributed by atoms with van der Waals surface area (Å²) in [6.45, 7) is 1.53. The fraction of sp³-hybridized carbons (Fsp3) is 0.200. The number of halogens is 1. The normalized spacial score (nSPS) is 14.2. The van der Waals surface area contributed by atoms with E-state index >= 15 is 0 Å². The van der Waals surface area contributed by atoms with Crippen molar-refractivity contribution < 1.29 is 9.90 Å². The topological polar surface area (TPSA) is 73.7 Å². The Morgan fingerprint density at radius 1 is 1.56 bits per heavy atom. The average molecular weight is 240 g/mol. The zero-order valence-corrected chi connectivity index (χ0v) is 9.08. The van der Waals surface area contributed by atoms with E-state index < -0.39 is 5.97 Å². The van der Waals surface area contributed by atoms with Gasteiger partial charge in [0, 0.05) is 6.54 Å². The van der Waals surface area contributed by atoms with Crippen molar-refractivity contribution in [1.82, 2.24) is 5.32 Å². The van der Waals surface area contributed by atoms with Crippen LogP contribution in [0.2, 0.25) is 5.02 Å². The molecule has 84 valence electrons. The van der Waals surface area contributed by atoms with E-state index in [1.807, 2.05) is 0 Å². The van der Waals surface area contributed by atoms with Gasteiger partial charge in [-0.05, 0) is 18.2 Å². The SMILES string of the molecule is O=C(O)c1ccc(NC2=NCCN2)c(Cl)c1. The molecule has 0 fully saturated rings. The summed E-state index contributed by atoms with van der Waals surface area (Å²) < 4.78 is 0. The minimum atomic E-state index is -0.996. The standard InChI is InChI=1S/C10H10ClN3O2/c11-7-5-6(9(15)16)1-2-8(7)14-10-12-3-4-13-10/h1-2,5H,3-4H2,(H,15,16)(H2,12,13,14). The van der Waals surface area contributed by atoms with Gasteiger partial charge in [-0.3, -0.25) is 4.99 Å². The van der Waals surface area contributed by atoms with Crippen molar-refractivity contribution in [1.29, 1.82) is 0 Å². The maximum absolute atomic E-state index is 10.7. The Morgan fingerprint density at radius 2 is 2.38 bits per heavy atom. The first kappa shape index (κ1) is 10.8. The Kier molecular flexibility index (Phi) is 2.96. The number of carbonyl (C=O) groups is 1. The average Bonchev–Trinajstić information content (AvgIpc) is 2.73. The van der Waals surface area contributed by atoms with Gasteiger partial charge >= 0.3 is 5.97 Å². The quantitative estimate of drug-likeness (QED) is 0.730. The molecule has 0 radical (unpaired) electrons. The molecule has 1 aromatic rings. The third-order valence-corrected chi connectivity index (χ3v) is 2.46. The molecule has 0 amide bonds. The van der Waals surface area contributed by atoms with Crippen LogP contribution in [0.25, 0.3) is 0 Å². The first-order chi connectivity index (χ1) is 7.66. The molecule has 0 aromatic heterocycles. The number of benzene rings is 1. The number of hydrogen-bond acceptors (Lipinski definition) is 4. The van der Waals surface area contributed by atoms with Crippen LogP contribution in [0.1, 0.15) is 10.4 Å². The van der Waals surface area contributed by atoms with E-state index in [1.165, 1.54) is 12.1 Å². The van der Waals surface area contributed by atoms with Gasteiger partial charge in [-0.2, -0.15) is 0 Å². The van der Waals surface area contributed by atoms with Crippen LogP contribution in [0.15, 0.2) is 23.2 Å². The highest BCUT2D eigenvalue weighted by atomic mass is 35.5. The van der Waals surface area contributed by atoms with Crippen LogP contribution in [0.5, 0.6) is 0 Å². The number of nitrogens with one attached hydrogen (secondary N) is 2. The van der Waals surface area contributed by atoms with Crippen molar-refractivity contribution in [2.45, 2.75) is 0 Å². The molecule has 3 N–H and O–H groups in total. The molecule has 1 aromatic carbocycles. The molecule has 6 heteroatoms. The largest absolute Gasteiger partial charge is 0.478 e. The van der Waals surface area contributed by atoms with Crippen molar-refractivity contribution >= 4 is 29.2 Å². The van der Waals surface area contributed by atoms with E-state index in [1.54, 1.807) is 6.07 Å². The molecule has 0 saturated heterocycles. The van der Waals surface area contributed by atoms with Gasteiger partial charge in [-0.15, -0.1) is 0 Å². The number of carboxylic acid groups (broad SMARTS) is 1. The fourth-order valence-electron chi connectivity index (χ4n) is 1.36. The number of carboxylic acids is 1. The Labute approximate surface area is 97.1 Å². The Bertz CT molecular complexity index is 459. The summed E-state index contributed by atoms with van der Waals surface area (Å²) in [4.78, 5) is 14.8. The van der Waals surface area contributed by atoms with E-state index in [0.717, 1.165) is 13.1 Å². The third kappa shape index (κ3) is 2.25. The van der Waals surface area contributed by atoms with Crippen LogP contribution in [-0.4, -0.2) is 30.1 Å². The molecule has 16 heavy (non-hydrogen) atoms. The monoisotopic (exact) mass is 239 g/mol. The summed E-state index contributed by atoms with van der Waals surface area (Å²) in [7, 11) is 0. The summed E-state index contributed by atoms with van der Waals surface area (Å²) >= 11 is 5.94. The van der Waals surface area contributed by atoms with Gasteiger partial charge in [0.25, 0.3) is 0 Å². The number of aliphatic imine (C=N–C) groups is 1. The highest BCUT2D eigenvalue weighted by molar-refractivity contribution is 6.34. The molecule has 2 rings (SSSR count). The molecular formula is C10H10ClN3O2. The zero-order chi connectivity index (χ0) is 11.5. The van der Waals surface area contributed by atoms with E-state index in [0.29, 0.717) is 16.7 Å². The summed E-state index contributed by atoms with van der Waals surface area (Å²) in [5.74, 6) is -0.338. The molecular weight excluding hydrogens is 230 g/mol. The predicted molar refractivity (Wildman–Crippen MR) is 62.3 cm³/mol. The smallest absolute Gasteiger partial charge is 0.335 e. The number of rotatable bonds is 2. The van der Waals surface area contributed by atoms with Crippen LogP contribution in [-0.2, 0) is 0 Å². The molecule has 1 aliphatic heterocycles. The molecule has 0 saturated carbocycles. The van der Waals surface area contributed by atoms with Crippen molar-refractivity contribution in [2.24, 2.45) is 4.99 Å². The molecule has 5 nitrogen and oxygen atoms in total. The lowest BCUT2D eigenvalue weighted by Gasteiger charge is -2.08. The van der Waals surface area contributed by atoms with E-state index in [4.69, 9.17) is 16.7 Å². The lowest BCUT2D eigenvalue weighted by atomic mass is 10.2. The first-order valence-electron chi connectivity index (χ1n) is 4.75. The second-order valence-corrected chi connectivity index (χ2v) is 3.69. The van der Waals surface area contributed by atoms with Crippen LogP contribution in [0, 0.1) is 0 Å². The first-order valence-corrected chi connectivity index (χ1v) is 5.13. The second kappa shape index (κ2) is 4.40. The fourth-order valence-corrected chi connectivity index (χ4v) is 1.59. The third-order valence-electron chi connectivity index (χ3n) is 2.14. The van der Waals surface area contributed by atoms with Gasteiger partial charge < -0.3 is 15.7 Å². The highest BCUT2D eigenvalue weighted by Gasteiger charge is 2.10. The number of nitrogens with zero attached hydrogens (tertiary/aromatic N) is 1. The summed E-state index contributed by atoms with van der Waals surface area (Å²) in [5.41, 5.74) is 0.802. The maximum Gasteiger partial charge on any atom is 0.335 e. The van der Waals surface area contributed by atoms with Gasteiger partial charge in [0.15, 0.2) is 5.96 Å².